The van der Waals surface area contributed by atoms with Crippen LogP contribution in [0.1, 0.15) is 5.56 Å². The molecular formula is C14H12Cl2INO2S. The number of anilines is 1. The van der Waals surface area contributed by atoms with Crippen molar-refractivity contribution in [2.24, 2.45) is 0 Å². The Morgan fingerprint density at radius 2 is 1.90 bits per heavy atom. The standard InChI is InChI=1S/C14H12Cl2INO2S/c1-21(19,20)14-4-2-3-11(16)10(14)8-18-13-6-5-9(15)7-12(13)17/h2-7,18H,8H2,1H3. The summed E-state index contributed by atoms with van der Waals surface area (Å²) in [6.45, 7) is 0.319. The fraction of sp³-hybridized carbons (Fsp3) is 0.143. The van der Waals surface area contributed by atoms with Gasteiger partial charge in [0.1, 0.15) is 0 Å². The van der Waals surface area contributed by atoms with E-state index in [-0.39, 0.29) is 4.90 Å². The van der Waals surface area contributed by atoms with Crippen LogP contribution < -0.4 is 5.32 Å². The summed E-state index contributed by atoms with van der Waals surface area (Å²) < 4.78 is 24.6. The SMILES string of the molecule is CS(=O)(=O)c1cccc(Cl)c1CNc1ccc(Cl)cc1I. The van der Waals surface area contributed by atoms with E-state index in [1.165, 1.54) is 6.26 Å². The monoisotopic (exact) mass is 455 g/mol. The van der Waals surface area contributed by atoms with Gasteiger partial charge in [0.2, 0.25) is 0 Å². The molecule has 7 heteroatoms. The van der Waals surface area contributed by atoms with Gasteiger partial charge in [-0.2, -0.15) is 0 Å². The molecule has 0 aliphatic rings. The maximum Gasteiger partial charge on any atom is 0.175 e. The number of sulfone groups is 1. The molecular weight excluding hydrogens is 444 g/mol. The fourth-order valence-corrected chi connectivity index (χ4v) is 4.19. The van der Waals surface area contributed by atoms with Crippen molar-refractivity contribution in [3.63, 3.8) is 0 Å². The van der Waals surface area contributed by atoms with Crippen molar-refractivity contribution in [1.82, 2.24) is 0 Å². The van der Waals surface area contributed by atoms with Gasteiger partial charge in [0.15, 0.2) is 9.84 Å². The molecule has 0 amide bonds. The van der Waals surface area contributed by atoms with Gasteiger partial charge < -0.3 is 5.32 Å². The van der Waals surface area contributed by atoms with Crippen molar-refractivity contribution >= 4 is 61.3 Å². The van der Waals surface area contributed by atoms with Crippen molar-refractivity contribution in [2.45, 2.75) is 11.4 Å². The van der Waals surface area contributed by atoms with E-state index in [4.69, 9.17) is 23.2 Å². The van der Waals surface area contributed by atoms with Crippen LogP contribution in [0.15, 0.2) is 41.3 Å². The lowest BCUT2D eigenvalue weighted by Gasteiger charge is -2.13. The van der Waals surface area contributed by atoms with Crippen LogP contribution in [0.4, 0.5) is 5.69 Å². The molecule has 0 saturated heterocycles. The summed E-state index contributed by atoms with van der Waals surface area (Å²) in [6, 6.07) is 10.3. The second-order valence-electron chi connectivity index (χ2n) is 4.47. The van der Waals surface area contributed by atoms with E-state index in [0.29, 0.717) is 22.2 Å². The lowest BCUT2D eigenvalue weighted by Crippen LogP contribution is -2.08. The Morgan fingerprint density at radius 1 is 1.19 bits per heavy atom. The third kappa shape index (κ3) is 4.25. The van der Waals surface area contributed by atoms with Gasteiger partial charge in [0.25, 0.3) is 0 Å². The van der Waals surface area contributed by atoms with E-state index in [1.807, 2.05) is 12.1 Å². The maximum atomic E-state index is 11.8. The van der Waals surface area contributed by atoms with Crippen molar-refractivity contribution < 1.29 is 8.42 Å². The van der Waals surface area contributed by atoms with Gasteiger partial charge in [-0.05, 0) is 52.9 Å². The third-order valence-electron chi connectivity index (χ3n) is 2.86. The molecule has 21 heavy (non-hydrogen) atoms. The van der Waals surface area contributed by atoms with Crippen LogP contribution in [-0.4, -0.2) is 14.7 Å². The summed E-state index contributed by atoms with van der Waals surface area (Å²) in [4.78, 5) is 0.242. The van der Waals surface area contributed by atoms with E-state index in [9.17, 15) is 8.42 Å². The van der Waals surface area contributed by atoms with Crippen molar-refractivity contribution in [3.05, 3.63) is 55.6 Å². The van der Waals surface area contributed by atoms with Crippen LogP contribution in [0.5, 0.6) is 0 Å². The van der Waals surface area contributed by atoms with Crippen molar-refractivity contribution in [3.8, 4) is 0 Å². The number of nitrogens with one attached hydrogen (secondary N) is 1. The molecule has 3 nitrogen and oxygen atoms in total. The minimum Gasteiger partial charge on any atom is -0.380 e. The first kappa shape index (κ1) is 16.9. The topological polar surface area (TPSA) is 46.2 Å². The van der Waals surface area contributed by atoms with Gasteiger partial charge >= 0.3 is 0 Å². The quantitative estimate of drug-likeness (QED) is 0.684. The molecule has 0 aromatic heterocycles. The molecule has 0 atom stereocenters. The number of benzene rings is 2. The first-order valence-electron chi connectivity index (χ1n) is 5.95. The summed E-state index contributed by atoms with van der Waals surface area (Å²) in [5.41, 5.74) is 1.44. The van der Waals surface area contributed by atoms with Gasteiger partial charge in [-0.15, -0.1) is 0 Å². The van der Waals surface area contributed by atoms with E-state index in [1.54, 1.807) is 24.3 Å². The van der Waals surface area contributed by atoms with E-state index < -0.39 is 9.84 Å². The second kappa shape index (κ2) is 6.73. The molecule has 0 saturated carbocycles. The lowest BCUT2D eigenvalue weighted by molar-refractivity contribution is 0.601. The molecule has 112 valence electrons. The zero-order valence-corrected chi connectivity index (χ0v) is 15.5. The zero-order valence-electron chi connectivity index (χ0n) is 11.0. The Morgan fingerprint density at radius 3 is 2.52 bits per heavy atom. The van der Waals surface area contributed by atoms with Gasteiger partial charge in [0.05, 0.1) is 4.90 Å². The Hall–Kier alpha value is -0.500. The van der Waals surface area contributed by atoms with E-state index in [2.05, 4.69) is 27.9 Å². The van der Waals surface area contributed by atoms with Gasteiger partial charge in [0, 0.05) is 37.7 Å². The normalized spacial score (nSPS) is 11.4. The Labute approximate surface area is 147 Å². The minimum absolute atomic E-state index is 0.242. The zero-order chi connectivity index (χ0) is 15.6. The van der Waals surface area contributed by atoms with Gasteiger partial charge in [-0.1, -0.05) is 29.3 Å². The molecule has 0 fully saturated rings. The predicted octanol–water partition coefficient (Wildman–Crippen LogP) is 4.61. The highest BCUT2D eigenvalue weighted by Crippen LogP contribution is 2.27. The molecule has 0 aliphatic carbocycles. The Balaban J connectivity index is 2.32. The van der Waals surface area contributed by atoms with Gasteiger partial charge in [-0.25, -0.2) is 8.42 Å². The minimum atomic E-state index is -3.32. The summed E-state index contributed by atoms with van der Waals surface area (Å²) >= 11 is 14.2. The van der Waals surface area contributed by atoms with Crippen LogP contribution in [0, 0.1) is 3.57 Å². The number of hydrogen-bond donors (Lipinski definition) is 1. The average molecular weight is 456 g/mol. The summed E-state index contributed by atoms with van der Waals surface area (Å²) in [5.74, 6) is 0. The van der Waals surface area contributed by atoms with E-state index in [0.717, 1.165) is 9.26 Å². The predicted molar refractivity (Wildman–Crippen MR) is 96.1 cm³/mol. The fourth-order valence-electron chi connectivity index (χ4n) is 1.87. The van der Waals surface area contributed by atoms with Crippen LogP contribution >= 0.6 is 45.8 Å². The summed E-state index contributed by atoms with van der Waals surface area (Å²) in [5, 5.41) is 4.27. The Bertz CT molecular complexity index is 779. The smallest absolute Gasteiger partial charge is 0.175 e. The number of rotatable bonds is 4. The van der Waals surface area contributed by atoms with Crippen LogP contribution in [0.2, 0.25) is 10.0 Å². The molecule has 0 heterocycles. The molecule has 0 aliphatic heterocycles. The third-order valence-corrected chi connectivity index (χ3v) is 5.53. The van der Waals surface area contributed by atoms with Crippen molar-refractivity contribution in [2.75, 3.05) is 11.6 Å². The molecule has 0 unspecified atom stereocenters. The van der Waals surface area contributed by atoms with Gasteiger partial charge in [-0.3, -0.25) is 0 Å². The van der Waals surface area contributed by atoms with Crippen LogP contribution in [0.25, 0.3) is 0 Å². The molecule has 0 spiro atoms. The molecule has 0 bridgehead atoms. The number of halogens is 3. The highest BCUT2D eigenvalue weighted by atomic mass is 127. The average Bonchev–Trinajstić information content (AvgIpc) is 2.37. The first-order chi connectivity index (χ1) is 9.79. The van der Waals surface area contributed by atoms with Crippen molar-refractivity contribution in [1.29, 1.82) is 0 Å². The first-order valence-corrected chi connectivity index (χ1v) is 9.68. The van der Waals surface area contributed by atoms with E-state index >= 15 is 0 Å². The maximum absolute atomic E-state index is 11.8. The number of hydrogen-bond acceptors (Lipinski definition) is 3. The molecule has 2 aromatic carbocycles. The highest BCUT2D eigenvalue weighted by Gasteiger charge is 2.15. The van der Waals surface area contributed by atoms with Crippen LogP contribution in [-0.2, 0) is 16.4 Å². The Kier molecular flexibility index (Phi) is 5.40. The highest BCUT2D eigenvalue weighted by molar-refractivity contribution is 14.1. The summed E-state index contributed by atoms with van der Waals surface area (Å²) in [6.07, 6.45) is 1.17. The molecule has 2 aromatic rings. The molecule has 1 N–H and O–H groups in total. The largest absolute Gasteiger partial charge is 0.380 e. The lowest BCUT2D eigenvalue weighted by atomic mass is 10.2. The van der Waals surface area contributed by atoms with Crippen LogP contribution in [0.3, 0.4) is 0 Å². The second-order valence-corrected chi connectivity index (χ2v) is 8.46. The molecule has 2 rings (SSSR count). The summed E-state index contributed by atoms with van der Waals surface area (Å²) in [7, 11) is -3.32. The molecule has 0 radical (unpaired) electrons.